The first-order valence-corrected chi connectivity index (χ1v) is 6.53. The average molecular weight is 290 g/mol. The van der Waals surface area contributed by atoms with E-state index in [1.54, 1.807) is 0 Å². The van der Waals surface area contributed by atoms with Gasteiger partial charge >= 0.3 is 0 Å². The highest BCUT2D eigenvalue weighted by Gasteiger charge is 2.11. The Hall–Kier alpha value is -1.28. The largest absolute Gasteiger partial charge is 0.398 e. The van der Waals surface area contributed by atoms with Crippen molar-refractivity contribution < 1.29 is 0 Å². The predicted octanol–water partition coefficient (Wildman–Crippen LogP) is 4.82. The Morgan fingerprint density at radius 3 is 2.29 bits per heavy atom. The molecule has 0 aliphatic heterocycles. The van der Waals surface area contributed by atoms with Crippen molar-refractivity contribution in [2.24, 2.45) is 0 Å². The number of rotatable bonds is 2. The SMILES string of the molecule is CC(C)c1cc(Br)cc(-c2ccccc2)c1N. The van der Waals surface area contributed by atoms with E-state index < -0.39 is 0 Å². The van der Waals surface area contributed by atoms with Crippen LogP contribution in [0.5, 0.6) is 0 Å². The molecule has 1 nitrogen and oxygen atoms in total. The fourth-order valence-electron chi connectivity index (χ4n) is 1.97. The zero-order valence-corrected chi connectivity index (χ0v) is 11.7. The molecule has 0 amide bonds. The summed E-state index contributed by atoms with van der Waals surface area (Å²) in [5.74, 6) is 0.426. The molecule has 2 rings (SSSR count). The molecule has 2 heteroatoms. The van der Waals surface area contributed by atoms with Crippen molar-refractivity contribution in [1.29, 1.82) is 0 Å². The van der Waals surface area contributed by atoms with Crippen molar-refractivity contribution in [3.8, 4) is 11.1 Å². The Morgan fingerprint density at radius 1 is 1.06 bits per heavy atom. The molecule has 0 unspecified atom stereocenters. The molecule has 17 heavy (non-hydrogen) atoms. The van der Waals surface area contributed by atoms with Crippen molar-refractivity contribution in [3.63, 3.8) is 0 Å². The van der Waals surface area contributed by atoms with E-state index in [0.29, 0.717) is 5.92 Å². The van der Waals surface area contributed by atoms with Crippen LogP contribution in [-0.2, 0) is 0 Å². The summed E-state index contributed by atoms with van der Waals surface area (Å²) in [6.07, 6.45) is 0. The van der Waals surface area contributed by atoms with Crippen LogP contribution in [0.3, 0.4) is 0 Å². The van der Waals surface area contributed by atoms with Gasteiger partial charge in [0, 0.05) is 15.7 Å². The Bertz CT molecular complexity index is 518. The number of nitrogens with two attached hydrogens (primary N) is 1. The van der Waals surface area contributed by atoms with Crippen LogP contribution in [0.1, 0.15) is 25.3 Å². The van der Waals surface area contributed by atoms with Gasteiger partial charge in [-0.2, -0.15) is 0 Å². The first-order valence-electron chi connectivity index (χ1n) is 5.74. The number of hydrogen-bond donors (Lipinski definition) is 1. The summed E-state index contributed by atoms with van der Waals surface area (Å²) in [6, 6.07) is 14.4. The van der Waals surface area contributed by atoms with Crippen LogP contribution in [0.15, 0.2) is 46.9 Å². The molecule has 0 aliphatic carbocycles. The van der Waals surface area contributed by atoms with Gasteiger partial charge in [0.15, 0.2) is 0 Å². The lowest BCUT2D eigenvalue weighted by Gasteiger charge is -2.15. The highest BCUT2D eigenvalue weighted by molar-refractivity contribution is 9.10. The summed E-state index contributed by atoms with van der Waals surface area (Å²) in [5, 5.41) is 0. The Balaban J connectivity index is 2.63. The van der Waals surface area contributed by atoms with Crippen LogP contribution in [0, 0.1) is 0 Å². The third-order valence-electron chi connectivity index (χ3n) is 2.88. The molecule has 0 radical (unpaired) electrons. The van der Waals surface area contributed by atoms with E-state index in [-0.39, 0.29) is 0 Å². The number of nitrogen functional groups attached to an aromatic ring is 1. The van der Waals surface area contributed by atoms with Crippen molar-refractivity contribution in [1.82, 2.24) is 0 Å². The molecule has 0 atom stereocenters. The lowest BCUT2D eigenvalue weighted by Crippen LogP contribution is -1.99. The van der Waals surface area contributed by atoms with Gasteiger partial charge in [0.1, 0.15) is 0 Å². The van der Waals surface area contributed by atoms with Crippen molar-refractivity contribution >= 4 is 21.6 Å². The average Bonchev–Trinajstić information content (AvgIpc) is 2.32. The minimum Gasteiger partial charge on any atom is -0.398 e. The molecule has 0 saturated carbocycles. The van der Waals surface area contributed by atoms with Gasteiger partial charge in [-0.15, -0.1) is 0 Å². The van der Waals surface area contributed by atoms with Gasteiger partial charge in [0.25, 0.3) is 0 Å². The molecule has 0 aliphatic rings. The fraction of sp³-hybridized carbons (Fsp3) is 0.200. The van der Waals surface area contributed by atoms with Gasteiger partial charge in [-0.1, -0.05) is 60.1 Å². The minimum atomic E-state index is 0.426. The molecule has 0 heterocycles. The fourth-order valence-corrected chi connectivity index (χ4v) is 2.45. The van der Waals surface area contributed by atoms with Gasteiger partial charge < -0.3 is 5.73 Å². The molecule has 2 aromatic rings. The van der Waals surface area contributed by atoms with Crippen LogP contribution < -0.4 is 5.73 Å². The normalized spacial score (nSPS) is 10.8. The predicted molar refractivity (Wildman–Crippen MR) is 78.1 cm³/mol. The molecular formula is C15H16BrN. The summed E-state index contributed by atoms with van der Waals surface area (Å²) in [5.41, 5.74) is 10.6. The summed E-state index contributed by atoms with van der Waals surface area (Å²) in [4.78, 5) is 0. The van der Waals surface area contributed by atoms with Crippen LogP contribution in [0.25, 0.3) is 11.1 Å². The maximum absolute atomic E-state index is 6.26. The van der Waals surface area contributed by atoms with E-state index in [2.05, 4.69) is 54.0 Å². The highest BCUT2D eigenvalue weighted by Crippen LogP contribution is 2.35. The van der Waals surface area contributed by atoms with Gasteiger partial charge in [-0.25, -0.2) is 0 Å². The van der Waals surface area contributed by atoms with E-state index in [1.807, 2.05) is 18.2 Å². The first-order chi connectivity index (χ1) is 8.09. The zero-order valence-electron chi connectivity index (χ0n) is 10.1. The lowest BCUT2D eigenvalue weighted by atomic mass is 9.95. The molecular weight excluding hydrogens is 274 g/mol. The Kier molecular flexibility index (Phi) is 3.53. The third-order valence-corrected chi connectivity index (χ3v) is 3.34. The van der Waals surface area contributed by atoms with Crippen LogP contribution in [0.2, 0.25) is 0 Å². The molecule has 88 valence electrons. The third kappa shape index (κ3) is 2.52. The standard InChI is InChI=1S/C15H16BrN/c1-10(2)13-8-12(16)9-14(15(13)17)11-6-4-3-5-7-11/h3-10H,17H2,1-2H3. The topological polar surface area (TPSA) is 26.0 Å². The summed E-state index contributed by atoms with van der Waals surface area (Å²) in [6.45, 7) is 4.32. The second-order valence-corrected chi connectivity index (χ2v) is 5.39. The smallest absolute Gasteiger partial charge is 0.0429 e. The van der Waals surface area contributed by atoms with E-state index in [9.17, 15) is 0 Å². The highest BCUT2D eigenvalue weighted by atomic mass is 79.9. The number of benzene rings is 2. The number of halogens is 1. The van der Waals surface area contributed by atoms with Crippen LogP contribution in [-0.4, -0.2) is 0 Å². The van der Waals surface area contributed by atoms with E-state index in [0.717, 1.165) is 21.3 Å². The molecule has 0 saturated heterocycles. The van der Waals surface area contributed by atoms with Crippen molar-refractivity contribution in [3.05, 3.63) is 52.5 Å². The molecule has 0 spiro atoms. The molecule has 2 N–H and O–H groups in total. The Morgan fingerprint density at radius 2 is 1.71 bits per heavy atom. The second kappa shape index (κ2) is 4.92. The Labute approximate surface area is 111 Å². The van der Waals surface area contributed by atoms with Crippen molar-refractivity contribution in [2.75, 3.05) is 5.73 Å². The second-order valence-electron chi connectivity index (χ2n) is 4.48. The zero-order chi connectivity index (χ0) is 12.4. The van der Waals surface area contributed by atoms with Gasteiger partial charge in [0.2, 0.25) is 0 Å². The van der Waals surface area contributed by atoms with E-state index in [1.165, 1.54) is 5.56 Å². The molecule has 0 fully saturated rings. The first kappa shape index (κ1) is 12.2. The van der Waals surface area contributed by atoms with E-state index in [4.69, 9.17) is 5.73 Å². The van der Waals surface area contributed by atoms with Gasteiger partial charge in [-0.3, -0.25) is 0 Å². The monoisotopic (exact) mass is 289 g/mol. The van der Waals surface area contributed by atoms with E-state index >= 15 is 0 Å². The summed E-state index contributed by atoms with van der Waals surface area (Å²) < 4.78 is 1.08. The molecule has 0 bridgehead atoms. The van der Waals surface area contributed by atoms with Gasteiger partial charge in [0.05, 0.1) is 0 Å². The molecule has 2 aromatic carbocycles. The lowest BCUT2D eigenvalue weighted by molar-refractivity contribution is 0.869. The maximum atomic E-state index is 6.26. The van der Waals surface area contributed by atoms with Crippen molar-refractivity contribution in [2.45, 2.75) is 19.8 Å². The molecule has 0 aromatic heterocycles. The number of anilines is 1. The van der Waals surface area contributed by atoms with Crippen LogP contribution >= 0.6 is 15.9 Å². The maximum Gasteiger partial charge on any atom is 0.0429 e. The summed E-state index contributed by atoms with van der Waals surface area (Å²) >= 11 is 3.56. The van der Waals surface area contributed by atoms with Crippen LogP contribution in [0.4, 0.5) is 5.69 Å². The van der Waals surface area contributed by atoms with Gasteiger partial charge in [-0.05, 0) is 29.2 Å². The number of hydrogen-bond acceptors (Lipinski definition) is 1. The quantitative estimate of drug-likeness (QED) is 0.788. The minimum absolute atomic E-state index is 0.426. The summed E-state index contributed by atoms with van der Waals surface area (Å²) in [7, 11) is 0.